The van der Waals surface area contributed by atoms with Crippen LogP contribution in [0.3, 0.4) is 0 Å². The van der Waals surface area contributed by atoms with E-state index < -0.39 is 0 Å². The van der Waals surface area contributed by atoms with Crippen LogP contribution < -0.4 is 0 Å². The van der Waals surface area contributed by atoms with Gasteiger partial charge in [0, 0.05) is 11.9 Å². The Balaban J connectivity index is 3.31. The monoisotopic (exact) mass is 299 g/mol. The van der Waals surface area contributed by atoms with Crippen molar-refractivity contribution in [3.63, 3.8) is 0 Å². The van der Waals surface area contributed by atoms with Crippen molar-refractivity contribution in [2.45, 2.75) is 44.9 Å². The Labute approximate surface area is 114 Å². The molecule has 0 heterocycles. The third-order valence-corrected chi connectivity index (χ3v) is 3.26. The van der Waals surface area contributed by atoms with Crippen LogP contribution in [0.15, 0.2) is 0 Å². The Kier molecular flexibility index (Phi) is 13.0. The minimum Gasteiger partial charge on any atom is -0.277 e. The molecule has 0 aliphatic heterocycles. The van der Waals surface area contributed by atoms with Gasteiger partial charge in [-0.05, 0) is 12.8 Å². The summed E-state index contributed by atoms with van der Waals surface area (Å²) in [4.78, 5) is 1.91. The smallest absolute Gasteiger partial charge is 0.0874 e. The van der Waals surface area contributed by atoms with Crippen molar-refractivity contribution in [2.75, 3.05) is 25.0 Å². The molecule has 0 spiro atoms. The number of alkyl halides is 1. The van der Waals surface area contributed by atoms with Crippen molar-refractivity contribution < 1.29 is 0 Å². The van der Waals surface area contributed by atoms with Gasteiger partial charge in [-0.2, -0.15) is 10.5 Å². The van der Waals surface area contributed by atoms with Crippen LogP contribution in [0.4, 0.5) is 0 Å². The minimum atomic E-state index is 0.374. The van der Waals surface area contributed by atoms with Crippen molar-refractivity contribution in [3.8, 4) is 12.1 Å². The number of nitriles is 2. The summed E-state index contributed by atoms with van der Waals surface area (Å²) in [6, 6.07) is 4.20. The number of hydrogen-bond acceptors (Lipinski definition) is 3. The first-order valence-corrected chi connectivity index (χ1v) is 7.49. The zero-order valence-corrected chi connectivity index (χ0v) is 12.1. The first-order valence-electron chi connectivity index (χ1n) is 6.37. The predicted octanol–water partition coefficient (Wildman–Crippen LogP) is 3.46. The van der Waals surface area contributed by atoms with Crippen LogP contribution in [0.1, 0.15) is 44.9 Å². The van der Waals surface area contributed by atoms with Gasteiger partial charge in [0.1, 0.15) is 0 Å². The molecule has 17 heavy (non-hydrogen) atoms. The molecule has 3 nitrogen and oxygen atoms in total. The second kappa shape index (κ2) is 13.5. The molecule has 0 aromatic heterocycles. The SMILES string of the molecule is N#CCN(CC#N)CCCCCCCCCBr. The normalized spacial score (nSPS) is 10.1. The highest BCUT2D eigenvalue weighted by molar-refractivity contribution is 9.09. The summed E-state index contributed by atoms with van der Waals surface area (Å²) >= 11 is 3.43. The average Bonchev–Trinajstić information content (AvgIpc) is 2.33. The number of halogens is 1. The summed E-state index contributed by atoms with van der Waals surface area (Å²) in [5, 5.41) is 18.3. The third-order valence-electron chi connectivity index (χ3n) is 2.70. The van der Waals surface area contributed by atoms with Gasteiger partial charge >= 0.3 is 0 Å². The number of rotatable bonds is 11. The van der Waals surface area contributed by atoms with E-state index in [0.29, 0.717) is 13.1 Å². The maximum atomic E-state index is 8.58. The summed E-state index contributed by atoms with van der Waals surface area (Å²) < 4.78 is 0. The summed E-state index contributed by atoms with van der Waals surface area (Å²) in [5.74, 6) is 0. The highest BCUT2D eigenvalue weighted by Gasteiger charge is 2.02. The van der Waals surface area contributed by atoms with E-state index in [1.807, 2.05) is 4.90 Å². The summed E-state index contributed by atoms with van der Waals surface area (Å²) in [7, 11) is 0. The molecule has 0 bridgehead atoms. The molecule has 0 atom stereocenters. The molecule has 0 radical (unpaired) electrons. The van der Waals surface area contributed by atoms with Gasteiger partial charge in [0.2, 0.25) is 0 Å². The largest absolute Gasteiger partial charge is 0.277 e. The second-order valence-electron chi connectivity index (χ2n) is 4.19. The quantitative estimate of drug-likeness (QED) is 0.333. The van der Waals surface area contributed by atoms with E-state index in [1.54, 1.807) is 0 Å². The fourth-order valence-corrected chi connectivity index (χ4v) is 2.12. The lowest BCUT2D eigenvalue weighted by Gasteiger charge is -2.14. The minimum absolute atomic E-state index is 0.374. The zero-order chi connectivity index (χ0) is 12.8. The van der Waals surface area contributed by atoms with Crippen molar-refractivity contribution >= 4 is 15.9 Å². The molecule has 0 aromatic carbocycles. The molecule has 4 heteroatoms. The van der Waals surface area contributed by atoms with Crippen LogP contribution in [0.25, 0.3) is 0 Å². The Morgan fingerprint density at radius 3 is 1.71 bits per heavy atom. The molecule has 0 fully saturated rings. The molecule has 0 amide bonds. The Bertz CT molecular complexity index is 226. The van der Waals surface area contributed by atoms with E-state index in [0.717, 1.165) is 18.3 Å². The van der Waals surface area contributed by atoms with E-state index in [9.17, 15) is 0 Å². The molecule has 0 rings (SSSR count). The van der Waals surface area contributed by atoms with E-state index in [4.69, 9.17) is 10.5 Å². The Morgan fingerprint density at radius 1 is 0.765 bits per heavy atom. The van der Waals surface area contributed by atoms with E-state index in [-0.39, 0.29) is 0 Å². The molecule has 0 aliphatic carbocycles. The predicted molar refractivity (Wildman–Crippen MR) is 73.8 cm³/mol. The van der Waals surface area contributed by atoms with Gasteiger partial charge in [-0.25, -0.2) is 0 Å². The molecular formula is C13H22BrN3. The average molecular weight is 300 g/mol. The van der Waals surface area contributed by atoms with Gasteiger partial charge in [-0.1, -0.05) is 48.0 Å². The summed E-state index contributed by atoms with van der Waals surface area (Å²) in [5.41, 5.74) is 0. The van der Waals surface area contributed by atoms with Crippen molar-refractivity contribution in [3.05, 3.63) is 0 Å². The highest BCUT2D eigenvalue weighted by Crippen LogP contribution is 2.08. The Hall–Kier alpha value is -0.580. The van der Waals surface area contributed by atoms with Gasteiger partial charge < -0.3 is 0 Å². The van der Waals surface area contributed by atoms with Crippen LogP contribution in [0, 0.1) is 22.7 Å². The fraction of sp³-hybridized carbons (Fsp3) is 0.846. The van der Waals surface area contributed by atoms with Crippen molar-refractivity contribution in [1.82, 2.24) is 4.90 Å². The van der Waals surface area contributed by atoms with Crippen LogP contribution in [0.5, 0.6) is 0 Å². The van der Waals surface area contributed by atoms with Crippen LogP contribution in [0.2, 0.25) is 0 Å². The molecule has 0 unspecified atom stereocenters. The van der Waals surface area contributed by atoms with Gasteiger partial charge in [-0.3, -0.25) is 4.90 Å². The molecule has 0 N–H and O–H groups in total. The van der Waals surface area contributed by atoms with E-state index >= 15 is 0 Å². The van der Waals surface area contributed by atoms with Crippen LogP contribution in [-0.4, -0.2) is 29.9 Å². The number of hydrogen-bond donors (Lipinski definition) is 0. The van der Waals surface area contributed by atoms with Gasteiger partial charge in [-0.15, -0.1) is 0 Å². The van der Waals surface area contributed by atoms with Gasteiger partial charge in [0.05, 0.1) is 25.2 Å². The number of nitrogens with zero attached hydrogens (tertiary/aromatic N) is 3. The lowest BCUT2D eigenvalue weighted by molar-refractivity contribution is 0.330. The highest BCUT2D eigenvalue weighted by atomic mass is 79.9. The molecular weight excluding hydrogens is 278 g/mol. The van der Waals surface area contributed by atoms with Crippen molar-refractivity contribution in [1.29, 1.82) is 10.5 Å². The molecule has 0 aromatic rings. The Morgan fingerprint density at radius 2 is 1.24 bits per heavy atom. The lowest BCUT2D eigenvalue weighted by atomic mass is 10.1. The van der Waals surface area contributed by atoms with Crippen LogP contribution in [-0.2, 0) is 0 Å². The standard InChI is InChI=1S/C13H22BrN3/c14-8-6-4-2-1-3-5-7-11-17(12-9-15)13-10-16/h1-8,11-13H2. The molecule has 0 aliphatic rings. The molecule has 0 saturated heterocycles. The van der Waals surface area contributed by atoms with Gasteiger partial charge in [0.25, 0.3) is 0 Å². The fourth-order valence-electron chi connectivity index (χ4n) is 1.73. The van der Waals surface area contributed by atoms with Gasteiger partial charge in [0.15, 0.2) is 0 Å². The first kappa shape index (κ1) is 16.4. The van der Waals surface area contributed by atoms with Crippen molar-refractivity contribution in [2.24, 2.45) is 0 Å². The lowest BCUT2D eigenvalue weighted by Crippen LogP contribution is -2.25. The number of unbranched alkanes of at least 4 members (excludes halogenated alkanes) is 6. The van der Waals surface area contributed by atoms with Crippen LogP contribution >= 0.6 is 15.9 Å². The summed E-state index contributed by atoms with van der Waals surface area (Å²) in [6.45, 7) is 1.63. The zero-order valence-electron chi connectivity index (χ0n) is 10.5. The molecule has 0 saturated carbocycles. The topological polar surface area (TPSA) is 50.8 Å². The summed E-state index contributed by atoms with van der Waals surface area (Å²) in [6.07, 6.45) is 8.81. The second-order valence-corrected chi connectivity index (χ2v) is 4.98. The van der Waals surface area contributed by atoms with E-state index in [2.05, 4.69) is 28.1 Å². The maximum Gasteiger partial charge on any atom is 0.0874 e. The van der Waals surface area contributed by atoms with E-state index in [1.165, 1.54) is 38.5 Å². The third kappa shape index (κ3) is 11.7. The maximum absolute atomic E-state index is 8.58. The molecule has 96 valence electrons. The first-order chi connectivity index (χ1) is 8.35.